The first-order valence-corrected chi connectivity index (χ1v) is 4.95. The molecule has 1 aliphatic rings. The lowest BCUT2D eigenvalue weighted by Crippen LogP contribution is -2.14. The molecule has 86 valence electrons. The van der Waals surface area contributed by atoms with Crippen molar-refractivity contribution in [3.05, 3.63) is 33.6 Å². The van der Waals surface area contributed by atoms with Crippen LogP contribution < -0.4 is 11.1 Å². The minimum Gasteiger partial charge on any atom is -0.375 e. The monoisotopic (exact) mass is 225 g/mol. The van der Waals surface area contributed by atoms with Crippen molar-refractivity contribution in [3.8, 4) is 0 Å². The Kier molecular flexibility index (Phi) is 2.51. The fourth-order valence-corrected chi connectivity index (χ4v) is 1.52. The van der Waals surface area contributed by atoms with Gasteiger partial charge in [0.15, 0.2) is 0 Å². The molecule has 2 atom stereocenters. The van der Waals surface area contributed by atoms with Crippen molar-refractivity contribution >= 4 is 11.4 Å². The topological polar surface area (TPSA) is 81.2 Å². The highest BCUT2D eigenvalue weighted by Crippen LogP contribution is 2.32. The third kappa shape index (κ3) is 1.96. The van der Waals surface area contributed by atoms with E-state index >= 15 is 0 Å². The van der Waals surface area contributed by atoms with Gasteiger partial charge in [-0.2, -0.15) is 0 Å². The smallest absolute Gasteiger partial charge is 0.295 e. The van der Waals surface area contributed by atoms with Gasteiger partial charge in [0.1, 0.15) is 11.5 Å². The minimum atomic E-state index is -0.598. The molecule has 2 rings (SSSR count). The number of nitrogens with two attached hydrogens (primary N) is 1. The van der Waals surface area contributed by atoms with Crippen LogP contribution in [0.3, 0.4) is 0 Å². The van der Waals surface area contributed by atoms with Gasteiger partial charge in [0, 0.05) is 12.1 Å². The van der Waals surface area contributed by atoms with Crippen LogP contribution in [-0.2, 0) is 0 Å². The van der Waals surface area contributed by atoms with Gasteiger partial charge in [-0.1, -0.05) is 0 Å². The fourth-order valence-electron chi connectivity index (χ4n) is 1.52. The number of hydrogen-bond acceptors (Lipinski definition) is 4. The van der Waals surface area contributed by atoms with Crippen LogP contribution in [0.4, 0.5) is 15.8 Å². The van der Waals surface area contributed by atoms with Crippen LogP contribution in [0.1, 0.15) is 12.0 Å². The highest BCUT2D eigenvalue weighted by molar-refractivity contribution is 5.64. The first-order chi connectivity index (χ1) is 7.49. The lowest BCUT2D eigenvalue weighted by Gasteiger charge is -2.07. The Morgan fingerprint density at radius 3 is 2.75 bits per heavy atom. The largest absolute Gasteiger partial charge is 0.375 e. The summed E-state index contributed by atoms with van der Waals surface area (Å²) in [5.74, 6) is -0.572. The second-order valence-corrected chi connectivity index (χ2v) is 4.03. The van der Waals surface area contributed by atoms with Crippen molar-refractivity contribution in [1.82, 2.24) is 0 Å². The molecule has 1 fully saturated rings. The number of halogens is 1. The average molecular weight is 225 g/mol. The molecule has 1 saturated carbocycles. The number of benzene rings is 1. The van der Waals surface area contributed by atoms with Gasteiger partial charge < -0.3 is 11.1 Å². The predicted molar refractivity (Wildman–Crippen MR) is 57.8 cm³/mol. The van der Waals surface area contributed by atoms with Crippen molar-refractivity contribution in [2.24, 2.45) is 5.73 Å². The molecule has 3 N–H and O–H groups in total. The Morgan fingerprint density at radius 2 is 2.25 bits per heavy atom. The molecule has 6 heteroatoms. The molecule has 1 aromatic rings. The lowest BCUT2D eigenvalue weighted by atomic mass is 10.2. The van der Waals surface area contributed by atoms with E-state index in [4.69, 9.17) is 5.73 Å². The SMILES string of the molecule is Cc1cc(NC2CC2N)c([N+](=O)[O-])cc1F. The zero-order valence-electron chi connectivity index (χ0n) is 8.74. The number of nitro groups is 1. The van der Waals surface area contributed by atoms with Crippen LogP contribution >= 0.6 is 0 Å². The van der Waals surface area contributed by atoms with Crippen molar-refractivity contribution in [2.45, 2.75) is 25.4 Å². The van der Waals surface area contributed by atoms with Gasteiger partial charge >= 0.3 is 0 Å². The molecule has 1 aliphatic carbocycles. The lowest BCUT2D eigenvalue weighted by molar-refractivity contribution is -0.384. The van der Waals surface area contributed by atoms with E-state index in [1.807, 2.05) is 0 Å². The first-order valence-electron chi connectivity index (χ1n) is 4.95. The molecular weight excluding hydrogens is 213 g/mol. The van der Waals surface area contributed by atoms with Crippen LogP contribution in [0.25, 0.3) is 0 Å². The van der Waals surface area contributed by atoms with Crippen LogP contribution in [-0.4, -0.2) is 17.0 Å². The summed E-state index contributed by atoms with van der Waals surface area (Å²) >= 11 is 0. The second kappa shape index (κ2) is 3.71. The molecule has 0 spiro atoms. The van der Waals surface area contributed by atoms with Crippen LogP contribution in [0.15, 0.2) is 12.1 Å². The van der Waals surface area contributed by atoms with Gasteiger partial charge in [-0.3, -0.25) is 10.1 Å². The number of rotatable bonds is 3. The first kappa shape index (κ1) is 10.8. The highest BCUT2D eigenvalue weighted by atomic mass is 19.1. The molecule has 2 unspecified atom stereocenters. The van der Waals surface area contributed by atoms with E-state index in [0.29, 0.717) is 11.3 Å². The van der Waals surface area contributed by atoms with E-state index < -0.39 is 10.7 Å². The van der Waals surface area contributed by atoms with Crippen LogP contribution in [0.5, 0.6) is 0 Å². The number of aryl methyl sites for hydroxylation is 1. The number of nitrogens with one attached hydrogen (secondary N) is 1. The van der Waals surface area contributed by atoms with E-state index in [2.05, 4.69) is 5.32 Å². The summed E-state index contributed by atoms with van der Waals surface area (Å²) in [5.41, 5.74) is 6.07. The van der Waals surface area contributed by atoms with Crippen molar-refractivity contribution in [2.75, 3.05) is 5.32 Å². The van der Waals surface area contributed by atoms with Gasteiger partial charge in [0.25, 0.3) is 5.69 Å². The van der Waals surface area contributed by atoms with Crippen molar-refractivity contribution in [3.63, 3.8) is 0 Å². The summed E-state index contributed by atoms with van der Waals surface area (Å²) in [4.78, 5) is 10.1. The van der Waals surface area contributed by atoms with Crippen LogP contribution in [0.2, 0.25) is 0 Å². The predicted octanol–water partition coefficient (Wildman–Crippen LogP) is 1.55. The molecule has 0 amide bonds. The molecule has 0 radical (unpaired) electrons. The molecule has 1 aromatic carbocycles. The summed E-state index contributed by atoms with van der Waals surface area (Å²) < 4.78 is 13.2. The molecule has 0 heterocycles. The van der Waals surface area contributed by atoms with Gasteiger partial charge in [-0.05, 0) is 25.0 Å². The molecule has 0 bridgehead atoms. The van der Waals surface area contributed by atoms with Gasteiger partial charge in [-0.15, -0.1) is 0 Å². The third-order valence-corrected chi connectivity index (χ3v) is 2.65. The van der Waals surface area contributed by atoms with Crippen molar-refractivity contribution in [1.29, 1.82) is 0 Å². The Morgan fingerprint density at radius 1 is 1.62 bits per heavy atom. The van der Waals surface area contributed by atoms with Gasteiger partial charge in [-0.25, -0.2) is 4.39 Å². The van der Waals surface area contributed by atoms with E-state index in [9.17, 15) is 14.5 Å². The number of nitro benzene ring substituents is 1. The molecule has 0 saturated heterocycles. The zero-order chi connectivity index (χ0) is 11.9. The number of nitrogens with zero attached hydrogens (tertiary/aromatic N) is 1. The molecule has 0 aliphatic heterocycles. The Hall–Kier alpha value is -1.69. The van der Waals surface area contributed by atoms with E-state index in [0.717, 1.165) is 12.5 Å². The summed E-state index contributed by atoms with van der Waals surface area (Å²) in [6.07, 6.45) is 0.785. The Balaban J connectivity index is 2.33. The maximum atomic E-state index is 13.2. The minimum absolute atomic E-state index is 0.0324. The second-order valence-electron chi connectivity index (χ2n) is 4.03. The molecular formula is C10H12FN3O2. The standard InChI is InChI=1S/C10H12FN3O2/c1-5-2-9(13-8-4-7(8)12)10(14(15)16)3-6(5)11/h2-3,7-8,13H,4,12H2,1H3. The maximum absolute atomic E-state index is 13.2. The van der Waals surface area contributed by atoms with E-state index in [1.165, 1.54) is 6.07 Å². The fraction of sp³-hybridized carbons (Fsp3) is 0.400. The maximum Gasteiger partial charge on any atom is 0.295 e. The van der Waals surface area contributed by atoms with Crippen LogP contribution in [0, 0.1) is 22.9 Å². The van der Waals surface area contributed by atoms with Gasteiger partial charge in [0.2, 0.25) is 0 Å². The highest BCUT2D eigenvalue weighted by Gasteiger charge is 2.35. The summed E-state index contributed by atoms with van der Waals surface area (Å²) in [6.45, 7) is 1.57. The molecule has 16 heavy (non-hydrogen) atoms. The zero-order valence-corrected chi connectivity index (χ0v) is 8.74. The molecule has 5 nitrogen and oxygen atoms in total. The third-order valence-electron chi connectivity index (χ3n) is 2.65. The quantitative estimate of drug-likeness (QED) is 0.604. The number of hydrogen-bond donors (Lipinski definition) is 2. The summed E-state index contributed by atoms with van der Waals surface area (Å²) in [7, 11) is 0. The van der Waals surface area contributed by atoms with E-state index in [1.54, 1.807) is 6.92 Å². The summed E-state index contributed by atoms with van der Waals surface area (Å²) in [6, 6.07) is 2.47. The molecule has 0 aromatic heterocycles. The summed E-state index contributed by atoms with van der Waals surface area (Å²) in [5, 5.41) is 13.7. The number of anilines is 1. The van der Waals surface area contributed by atoms with Crippen molar-refractivity contribution < 1.29 is 9.31 Å². The normalized spacial score (nSPS) is 22.9. The van der Waals surface area contributed by atoms with Gasteiger partial charge in [0.05, 0.1) is 11.0 Å². The average Bonchev–Trinajstić information content (AvgIpc) is 2.87. The Bertz CT molecular complexity index is 450. The Labute approximate surface area is 91.6 Å². The van der Waals surface area contributed by atoms with E-state index in [-0.39, 0.29) is 17.8 Å².